The third kappa shape index (κ3) is 4.45. The van der Waals surface area contributed by atoms with Gasteiger partial charge in [-0.05, 0) is 12.5 Å². The summed E-state index contributed by atoms with van der Waals surface area (Å²) in [5.41, 5.74) is 1.18. The average molecular weight is 177 g/mol. The van der Waals surface area contributed by atoms with E-state index in [1.807, 2.05) is 42.5 Å². The van der Waals surface area contributed by atoms with Crippen LogP contribution < -0.4 is 5.32 Å². The van der Waals surface area contributed by atoms with Gasteiger partial charge in [-0.25, -0.2) is 0 Å². The first-order valence-electron chi connectivity index (χ1n) is 4.42. The van der Waals surface area contributed by atoms with Crippen molar-refractivity contribution >= 4 is 6.08 Å². The van der Waals surface area contributed by atoms with Crippen molar-refractivity contribution in [1.29, 1.82) is 0 Å². The molecule has 0 aliphatic rings. The maximum atomic E-state index is 8.90. The molecule has 1 atom stereocenters. The normalized spacial score (nSPS) is 13.4. The zero-order valence-corrected chi connectivity index (χ0v) is 7.77. The second kappa shape index (κ2) is 5.51. The summed E-state index contributed by atoms with van der Waals surface area (Å²) in [7, 11) is 0. The molecule has 0 saturated carbocycles. The van der Waals surface area contributed by atoms with Crippen LogP contribution in [0.5, 0.6) is 0 Å². The van der Waals surface area contributed by atoms with E-state index in [9.17, 15) is 0 Å². The van der Waals surface area contributed by atoms with E-state index in [1.165, 1.54) is 5.56 Å². The molecule has 0 fully saturated rings. The number of hydrogen-bond acceptors (Lipinski definition) is 2. The van der Waals surface area contributed by atoms with Crippen molar-refractivity contribution < 1.29 is 5.11 Å². The first kappa shape index (κ1) is 9.96. The molecule has 0 heterocycles. The number of benzene rings is 1. The molecule has 0 aliphatic heterocycles. The summed E-state index contributed by atoms with van der Waals surface area (Å²) < 4.78 is 0. The van der Waals surface area contributed by atoms with Crippen molar-refractivity contribution in [2.75, 3.05) is 6.54 Å². The second-order valence-corrected chi connectivity index (χ2v) is 2.90. The van der Waals surface area contributed by atoms with E-state index < -0.39 is 6.23 Å². The first-order chi connectivity index (χ1) is 6.29. The molecule has 2 nitrogen and oxygen atoms in total. The van der Waals surface area contributed by atoms with Gasteiger partial charge in [0.05, 0.1) is 0 Å². The standard InChI is InChI=1S/C11H15NO/c1-10(13)12-9-5-8-11-6-3-2-4-7-11/h2-8,10,12-13H,9H2,1H3/b8-5+. The summed E-state index contributed by atoms with van der Waals surface area (Å²) in [6, 6.07) is 10.1. The molecule has 0 bridgehead atoms. The highest BCUT2D eigenvalue weighted by Crippen LogP contribution is 1.99. The van der Waals surface area contributed by atoms with Crippen LogP contribution in [0.1, 0.15) is 12.5 Å². The molecular formula is C11H15NO. The maximum Gasteiger partial charge on any atom is 0.102 e. The van der Waals surface area contributed by atoms with Gasteiger partial charge in [0, 0.05) is 6.54 Å². The van der Waals surface area contributed by atoms with E-state index in [1.54, 1.807) is 6.92 Å². The predicted octanol–water partition coefficient (Wildman–Crippen LogP) is 1.63. The highest BCUT2D eigenvalue weighted by atomic mass is 16.3. The largest absolute Gasteiger partial charge is 0.379 e. The number of rotatable bonds is 4. The minimum Gasteiger partial charge on any atom is -0.379 e. The minimum atomic E-state index is -0.444. The van der Waals surface area contributed by atoms with Gasteiger partial charge in [0.25, 0.3) is 0 Å². The Labute approximate surface area is 78.9 Å². The quantitative estimate of drug-likeness (QED) is 0.685. The summed E-state index contributed by atoms with van der Waals surface area (Å²) in [4.78, 5) is 0. The monoisotopic (exact) mass is 177 g/mol. The number of hydrogen-bond donors (Lipinski definition) is 2. The van der Waals surface area contributed by atoms with E-state index in [0.29, 0.717) is 6.54 Å². The Morgan fingerprint density at radius 1 is 1.38 bits per heavy atom. The number of aliphatic hydroxyl groups excluding tert-OH is 1. The molecule has 1 unspecified atom stereocenters. The van der Waals surface area contributed by atoms with Crippen molar-refractivity contribution in [3.05, 3.63) is 42.0 Å². The average Bonchev–Trinajstić information content (AvgIpc) is 2.14. The molecule has 0 aliphatic carbocycles. The van der Waals surface area contributed by atoms with Crippen molar-refractivity contribution in [3.8, 4) is 0 Å². The van der Waals surface area contributed by atoms with Gasteiger partial charge >= 0.3 is 0 Å². The summed E-state index contributed by atoms with van der Waals surface area (Å²) in [6.45, 7) is 2.39. The molecule has 0 spiro atoms. The van der Waals surface area contributed by atoms with Crippen molar-refractivity contribution in [2.24, 2.45) is 0 Å². The molecule has 1 rings (SSSR count). The Morgan fingerprint density at radius 3 is 2.69 bits per heavy atom. The van der Waals surface area contributed by atoms with Gasteiger partial charge in [0.15, 0.2) is 0 Å². The van der Waals surface area contributed by atoms with Gasteiger partial charge < -0.3 is 5.11 Å². The molecule has 2 N–H and O–H groups in total. The fourth-order valence-electron chi connectivity index (χ4n) is 0.998. The Morgan fingerprint density at radius 2 is 2.08 bits per heavy atom. The first-order valence-corrected chi connectivity index (χ1v) is 4.42. The van der Waals surface area contributed by atoms with Crippen LogP contribution in [0.15, 0.2) is 36.4 Å². The number of nitrogens with one attached hydrogen (secondary N) is 1. The van der Waals surface area contributed by atoms with Gasteiger partial charge in [-0.1, -0.05) is 42.5 Å². The van der Waals surface area contributed by atoms with Crippen LogP contribution in [0, 0.1) is 0 Å². The van der Waals surface area contributed by atoms with E-state index >= 15 is 0 Å². The van der Waals surface area contributed by atoms with Crippen LogP contribution in [0.3, 0.4) is 0 Å². The molecule has 1 aromatic carbocycles. The van der Waals surface area contributed by atoms with E-state index in [2.05, 4.69) is 5.32 Å². The highest BCUT2D eigenvalue weighted by molar-refractivity contribution is 5.48. The minimum absolute atomic E-state index is 0.444. The molecule has 0 aromatic heterocycles. The highest BCUT2D eigenvalue weighted by Gasteiger charge is 1.88. The lowest BCUT2D eigenvalue weighted by Gasteiger charge is -2.02. The van der Waals surface area contributed by atoms with Gasteiger partial charge in [-0.3, -0.25) is 5.32 Å². The van der Waals surface area contributed by atoms with Crippen LogP contribution in [0.2, 0.25) is 0 Å². The Kier molecular flexibility index (Phi) is 4.23. The fourth-order valence-corrected chi connectivity index (χ4v) is 0.998. The molecule has 13 heavy (non-hydrogen) atoms. The maximum absolute atomic E-state index is 8.90. The van der Waals surface area contributed by atoms with Crippen molar-refractivity contribution in [3.63, 3.8) is 0 Å². The van der Waals surface area contributed by atoms with Crippen LogP contribution in [-0.2, 0) is 0 Å². The molecule has 1 aromatic rings. The summed E-state index contributed by atoms with van der Waals surface area (Å²) >= 11 is 0. The molecule has 70 valence electrons. The smallest absolute Gasteiger partial charge is 0.102 e. The summed E-state index contributed by atoms with van der Waals surface area (Å²) in [5, 5.41) is 11.8. The number of aliphatic hydroxyl groups is 1. The third-order valence-electron chi connectivity index (χ3n) is 1.64. The van der Waals surface area contributed by atoms with Crippen LogP contribution in [0.4, 0.5) is 0 Å². The lowest BCUT2D eigenvalue weighted by Crippen LogP contribution is -2.24. The van der Waals surface area contributed by atoms with Crippen LogP contribution >= 0.6 is 0 Å². The van der Waals surface area contributed by atoms with E-state index in [0.717, 1.165) is 0 Å². The second-order valence-electron chi connectivity index (χ2n) is 2.90. The topological polar surface area (TPSA) is 32.3 Å². The van der Waals surface area contributed by atoms with Gasteiger partial charge in [-0.15, -0.1) is 0 Å². The van der Waals surface area contributed by atoms with Crippen molar-refractivity contribution in [1.82, 2.24) is 5.32 Å². The molecule has 0 amide bonds. The third-order valence-corrected chi connectivity index (χ3v) is 1.64. The molecule has 2 heteroatoms. The van der Waals surface area contributed by atoms with Crippen molar-refractivity contribution in [2.45, 2.75) is 13.2 Å². The predicted molar refractivity (Wildman–Crippen MR) is 55.2 cm³/mol. The SMILES string of the molecule is CC(O)NC/C=C/c1ccccc1. The molecular weight excluding hydrogens is 162 g/mol. The lowest BCUT2D eigenvalue weighted by atomic mass is 10.2. The molecule has 0 saturated heterocycles. The summed E-state index contributed by atoms with van der Waals surface area (Å²) in [5.74, 6) is 0. The van der Waals surface area contributed by atoms with Gasteiger partial charge in [-0.2, -0.15) is 0 Å². The van der Waals surface area contributed by atoms with Crippen LogP contribution in [0.25, 0.3) is 6.08 Å². The van der Waals surface area contributed by atoms with Gasteiger partial charge in [0.2, 0.25) is 0 Å². The Hall–Kier alpha value is -1.12. The van der Waals surface area contributed by atoms with Gasteiger partial charge in [0.1, 0.15) is 6.23 Å². The van der Waals surface area contributed by atoms with E-state index in [-0.39, 0.29) is 0 Å². The Bertz CT molecular complexity index is 254. The van der Waals surface area contributed by atoms with Crippen LogP contribution in [-0.4, -0.2) is 17.9 Å². The summed E-state index contributed by atoms with van der Waals surface area (Å²) in [6.07, 6.45) is 3.57. The van der Waals surface area contributed by atoms with E-state index in [4.69, 9.17) is 5.11 Å². The lowest BCUT2D eigenvalue weighted by molar-refractivity contribution is 0.162. The molecule has 0 radical (unpaired) electrons. The fraction of sp³-hybridized carbons (Fsp3) is 0.273. The zero-order chi connectivity index (χ0) is 9.52. The Balaban J connectivity index is 2.33. The zero-order valence-electron chi connectivity index (χ0n) is 7.77.